The van der Waals surface area contributed by atoms with Crippen molar-refractivity contribution in [1.82, 2.24) is 14.4 Å². The zero-order valence-electron chi connectivity index (χ0n) is 11.6. The number of hydrogen-bond donors (Lipinski definition) is 0. The van der Waals surface area contributed by atoms with E-state index in [1.165, 1.54) is 12.1 Å². The predicted octanol–water partition coefficient (Wildman–Crippen LogP) is 4.20. The summed E-state index contributed by atoms with van der Waals surface area (Å²) >= 11 is 0. The summed E-state index contributed by atoms with van der Waals surface area (Å²) in [5.74, 6) is -0.232. The molecule has 0 bridgehead atoms. The highest BCUT2D eigenvalue weighted by Crippen LogP contribution is 2.24. The van der Waals surface area contributed by atoms with Crippen LogP contribution >= 0.6 is 0 Å². The molecular formula is C18H12FN3. The van der Waals surface area contributed by atoms with Crippen molar-refractivity contribution < 1.29 is 4.39 Å². The van der Waals surface area contributed by atoms with Gasteiger partial charge in [0.2, 0.25) is 0 Å². The van der Waals surface area contributed by atoms with Crippen LogP contribution in [0.25, 0.3) is 28.0 Å². The van der Waals surface area contributed by atoms with Crippen LogP contribution in [-0.2, 0) is 0 Å². The zero-order chi connectivity index (χ0) is 14.9. The number of hydrogen-bond acceptors (Lipinski definition) is 2. The first kappa shape index (κ1) is 12.7. The van der Waals surface area contributed by atoms with Crippen LogP contribution < -0.4 is 0 Å². The van der Waals surface area contributed by atoms with E-state index in [9.17, 15) is 4.39 Å². The topological polar surface area (TPSA) is 30.2 Å². The predicted molar refractivity (Wildman–Crippen MR) is 83.8 cm³/mol. The Bertz CT molecular complexity index is 928. The third-order valence-corrected chi connectivity index (χ3v) is 3.65. The Labute approximate surface area is 126 Å². The molecule has 0 atom stereocenters. The van der Waals surface area contributed by atoms with Gasteiger partial charge in [0.25, 0.3) is 0 Å². The highest BCUT2D eigenvalue weighted by Gasteiger charge is 2.07. The average molecular weight is 289 g/mol. The Balaban J connectivity index is 1.82. The number of halogens is 1. The summed E-state index contributed by atoms with van der Waals surface area (Å²) in [4.78, 5) is 8.60. The molecule has 0 saturated carbocycles. The molecule has 4 heteroatoms. The molecule has 0 radical (unpaired) electrons. The number of benzene rings is 1. The average Bonchev–Trinajstić information content (AvgIpc) is 2.99. The Morgan fingerprint density at radius 1 is 0.864 bits per heavy atom. The minimum Gasteiger partial charge on any atom is -0.300 e. The summed E-state index contributed by atoms with van der Waals surface area (Å²) in [5.41, 5.74) is 4.84. The van der Waals surface area contributed by atoms with Crippen LogP contribution in [-0.4, -0.2) is 14.4 Å². The molecule has 22 heavy (non-hydrogen) atoms. The largest absolute Gasteiger partial charge is 0.300 e. The van der Waals surface area contributed by atoms with Gasteiger partial charge in [-0.25, -0.2) is 9.37 Å². The van der Waals surface area contributed by atoms with Gasteiger partial charge >= 0.3 is 0 Å². The monoisotopic (exact) mass is 289 g/mol. The fourth-order valence-electron chi connectivity index (χ4n) is 2.53. The third kappa shape index (κ3) is 2.15. The number of pyridine rings is 2. The van der Waals surface area contributed by atoms with E-state index < -0.39 is 0 Å². The van der Waals surface area contributed by atoms with E-state index in [2.05, 4.69) is 9.97 Å². The van der Waals surface area contributed by atoms with Gasteiger partial charge in [-0.15, -0.1) is 0 Å². The van der Waals surface area contributed by atoms with Crippen LogP contribution in [0.5, 0.6) is 0 Å². The van der Waals surface area contributed by atoms with Gasteiger partial charge in [-0.05, 0) is 47.5 Å². The second-order valence-electron chi connectivity index (χ2n) is 5.04. The van der Waals surface area contributed by atoms with Gasteiger partial charge in [0.05, 0.1) is 11.9 Å². The second-order valence-corrected chi connectivity index (χ2v) is 5.04. The highest BCUT2D eigenvalue weighted by atomic mass is 19.1. The first-order chi connectivity index (χ1) is 10.8. The molecule has 0 amide bonds. The van der Waals surface area contributed by atoms with Crippen molar-refractivity contribution in [3.8, 4) is 22.4 Å². The van der Waals surface area contributed by atoms with Crippen molar-refractivity contribution in [3.05, 3.63) is 79.1 Å². The van der Waals surface area contributed by atoms with E-state index in [1.807, 2.05) is 47.3 Å². The van der Waals surface area contributed by atoms with Crippen molar-refractivity contribution >= 4 is 5.65 Å². The smallest absolute Gasteiger partial charge is 0.137 e. The molecule has 0 unspecified atom stereocenters. The number of rotatable bonds is 2. The van der Waals surface area contributed by atoms with Crippen molar-refractivity contribution in [1.29, 1.82) is 0 Å². The molecule has 0 spiro atoms. The molecule has 3 aromatic heterocycles. The molecule has 0 N–H and O–H groups in total. The normalized spacial score (nSPS) is 11.0. The summed E-state index contributed by atoms with van der Waals surface area (Å²) in [6, 6.07) is 14.4. The zero-order valence-corrected chi connectivity index (χ0v) is 11.6. The number of fused-ring (bicyclic) bond motifs is 1. The maximum absolute atomic E-state index is 13.0. The van der Waals surface area contributed by atoms with E-state index in [4.69, 9.17) is 0 Å². The summed E-state index contributed by atoms with van der Waals surface area (Å²) in [7, 11) is 0. The van der Waals surface area contributed by atoms with E-state index in [0.29, 0.717) is 0 Å². The van der Waals surface area contributed by atoms with Gasteiger partial charge in [-0.3, -0.25) is 9.38 Å². The van der Waals surface area contributed by atoms with Crippen molar-refractivity contribution in [2.45, 2.75) is 0 Å². The van der Waals surface area contributed by atoms with Gasteiger partial charge in [0.15, 0.2) is 0 Å². The first-order valence-corrected chi connectivity index (χ1v) is 6.95. The lowest BCUT2D eigenvalue weighted by Gasteiger charge is -2.05. The fraction of sp³-hybridized carbons (Fsp3) is 0. The molecule has 0 aliphatic carbocycles. The van der Waals surface area contributed by atoms with Crippen molar-refractivity contribution in [2.24, 2.45) is 0 Å². The molecule has 1 aromatic carbocycles. The molecule has 0 aliphatic rings. The molecular weight excluding hydrogens is 277 g/mol. The highest BCUT2D eigenvalue weighted by molar-refractivity contribution is 5.70. The Morgan fingerprint density at radius 2 is 1.73 bits per heavy atom. The minimum atomic E-state index is -0.232. The molecule has 4 rings (SSSR count). The van der Waals surface area contributed by atoms with Gasteiger partial charge in [-0.2, -0.15) is 0 Å². The van der Waals surface area contributed by atoms with Crippen LogP contribution in [0.4, 0.5) is 4.39 Å². The van der Waals surface area contributed by atoms with E-state index in [0.717, 1.165) is 28.0 Å². The first-order valence-electron chi connectivity index (χ1n) is 6.95. The second kappa shape index (κ2) is 5.07. The quantitative estimate of drug-likeness (QED) is 0.553. The van der Waals surface area contributed by atoms with Gasteiger partial charge in [0, 0.05) is 24.2 Å². The molecule has 3 heterocycles. The minimum absolute atomic E-state index is 0.232. The summed E-state index contributed by atoms with van der Waals surface area (Å²) in [6.45, 7) is 0. The van der Waals surface area contributed by atoms with Crippen molar-refractivity contribution in [2.75, 3.05) is 0 Å². The molecule has 3 nitrogen and oxygen atoms in total. The van der Waals surface area contributed by atoms with Crippen molar-refractivity contribution in [3.63, 3.8) is 0 Å². The molecule has 106 valence electrons. The lowest BCUT2D eigenvalue weighted by molar-refractivity contribution is 0.628. The third-order valence-electron chi connectivity index (χ3n) is 3.65. The summed E-state index contributed by atoms with van der Waals surface area (Å²) < 4.78 is 15.0. The number of imidazole rings is 1. The number of aromatic nitrogens is 3. The molecule has 0 aliphatic heterocycles. The summed E-state index contributed by atoms with van der Waals surface area (Å²) in [5, 5.41) is 0. The maximum atomic E-state index is 13.0. The van der Waals surface area contributed by atoms with Crippen LogP contribution in [0.15, 0.2) is 73.3 Å². The van der Waals surface area contributed by atoms with Crippen LogP contribution in [0.2, 0.25) is 0 Å². The van der Waals surface area contributed by atoms with Gasteiger partial charge in [0.1, 0.15) is 11.5 Å². The molecule has 0 fully saturated rings. The van der Waals surface area contributed by atoms with Crippen LogP contribution in [0.3, 0.4) is 0 Å². The molecule has 4 aromatic rings. The van der Waals surface area contributed by atoms with Crippen LogP contribution in [0.1, 0.15) is 0 Å². The van der Waals surface area contributed by atoms with E-state index in [-0.39, 0.29) is 5.82 Å². The van der Waals surface area contributed by atoms with Gasteiger partial charge < -0.3 is 0 Å². The Hall–Kier alpha value is -3.01. The molecule has 0 saturated heterocycles. The standard InChI is InChI=1S/C18H12FN3/c19-16-5-3-13(4-6-16)14-7-9-22-17(12-21-18(22)10-14)15-2-1-8-20-11-15/h1-12H. The lowest BCUT2D eigenvalue weighted by atomic mass is 10.1. The maximum Gasteiger partial charge on any atom is 0.137 e. The number of nitrogens with zero attached hydrogens (tertiary/aromatic N) is 3. The summed E-state index contributed by atoms with van der Waals surface area (Å²) in [6.07, 6.45) is 7.38. The fourth-order valence-corrected chi connectivity index (χ4v) is 2.53. The Morgan fingerprint density at radius 3 is 2.50 bits per heavy atom. The Kier molecular flexibility index (Phi) is 2.93. The van der Waals surface area contributed by atoms with Gasteiger partial charge in [-0.1, -0.05) is 12.1 Å². The van der Waals surface area contributed by atoms with E-state index >= 15 is 0 Å². The van der Waals surface area contributed by atoms with Crippen LogP contribution in [0, 0.1) is 5.82 Å². The lowest BCUT2D eigenvalue weighted by Crippen LogP contribution is -1.89. The SMILES string of the molecule is Fc1ccc(-c2ccn3c(-c4cccnc4)cnc3c2)cc1. The van der Waals surface area contributed by atoms with E-state index in [1.54, 1.807) is 18.3 Å².